The SMILES string of the molecule is CCc1nc(CCNC(=NC)NCc2ccc(CN(C)C(=O)OC(C)(C)C)cc2)cs1.I. The number of carbonyl (C=O) groups excluding carboxylic acids is 1. The number of rotatable bonds is 8. The lowest BCUT2D eigenvalue weighted by Crippen LogP contribution is -2.37. The fourth-order valence-electron chi connectivity index (χ4n) is 2.78. The van der Waals surface area contributed by atoms with Crippen molar-refractivity contribution >= 4 is 47.4 Å². The molecule has 0 saturated carbocycles. The lowest BCUT2D eigenvalue weighted by atomic mass is 10.1. The summed E-state index contributed by atoms with van der Waals surface area (Å²) in [6, 6.07) is 8.17. The number of nitrogens with one attached hydrogen (secondary N) is 2. The molecular formula is C23H36IN5O2S. The molecule has 0 unspecified atom stereocenters. The predicted molar refractivity (Wildman–Crippen MR) is 143 cm³/mol. The van der Waals surface area contributed by atoms with E-state index in [1.54, 1.807) is 30.3 Å². The number of carbonyl (C=O) groups is 1. The maximum absolute atomic E-state index is 12.1. The molecule has 0 atom stereocenters. The third kappa shape index (κ3) is 10.2. The van der Waals surface area contributed by atoms with Gasteiger partial charge in [0.15, 0.2) is 5.96 Å². The molecule has 7 nitrogen and oxygen atoms in total. The van der Waals surface area contributed by atoms with Gasteiger partial charge in [0.2, 0.25) is 0 Å². The summed E-state index contributed by atoms with van der Waals surface area (Å²) in [5.74, 6) is 0.764. The standard InChI is InChI=1S/C23H35N5O2S.HI/c1-7-20-27-19(16-31-20)12-13-25-21(24-5)26-14-17-8-10-18(11-9-17)15-28(6)22(29)30-23(2,3)4;/h8-11,16H,7,12-15H2,1-6H3,(H2,24,25,26);1H. The maximum atomic E-state index is 12.1. The highest BCUT2D eigenvalue weighted by Gasteiger charge is 2.19. The van der Waals surface area contributed by atoms with Gasteiger partial charge < -0.3 is 20.3 Å². The number of guanidine groups is 1. The van der Waals surface area contributed by atoms with Gasteiger partial charge in [-0.2, -0.15) is 0 Å². The molecule has 1 aromatic heterocycles. The number of aliphatic imine (C=N–C) groups is 1. The van der Waals surface area contributed by atoms with Crippen LogP contribution in [0.15, 0.2) is 34.6 Å². The Morgan fingerprint density at radius 2 is 1.84 bits per heavy atom. The minimum absolute atomic E-state index is 0. The zero-order valence-corrected chi connectivity index (χ0v) is 23.0. The van der Waals surface area contributed by atoms with Crippen molar-refractivity contribution < 1.29 is 9.53 Å². The van der Waals surface area contributed by atoms with Crippen LogP contribution in [0.2, 0.25) is 0 Å². The molecule has 9 heteroatoms. The van der Waals surface area contributed by atoms with Crippen molar-refractivity contribution in [2.75, 3.05) is 20.6 Å². The third-order valence-electron chi connectivity index (χ3n) is 4.41. The normalized spacial score (nSPS) is 11.5. The molecule has 178 valence electrons. The number of aromatic nitrogens is 1. The minimum atomic E-state index is -0.494. The van der Waals surface area contributed by atoms with Crippen molar-refractivity contribution in [3.63, 3.8) is 0 Å². The zero-order valence-electron chi connectivity index (χ0n) is 19.9. The summed E-state index contributed by atoms with van der Waals surface area (Å²) >= 11 is 1.72. The summed E-state index contributed by atoms with van der Waals surface area (Å²) in [6.45, 7) is 9.67. The molecule has 0 saturated heterocycles. The van der Waals surface area contributed by atoms with Crippen LogP contribution in [0.1, 0.15) is 49.5 Å². The van der Waals surface area contributed by atoms with Gasteiger partial charge in [-0.1, -0.05) is 31.2 Å². The second-order valence-electron chi connectivity index (χ2n) is 8.34. The van der Waals surface area contributed by atoms with Gasteiger partial charge in [0.1, 0.15) is 5.60 Å². The maximum Gasteiger partial charge on any atom is 0.410 e. The molecule has 32 heavy (non-hydrogen) atoms. The Bertz CT molecular complexity index is 862. The summed E-state index contributed by atoms with van der Waals surface area (Å²) in [6.07, 6.45) is 1.53. The molecule has 0 bridgehead atoms. The number of halogens is 1. The molecule has 2 aromatic rings. The molecule has 2 rings (SSSR count). The molecule has 0 aliphatic heterocycles. The smallest absolute Gasteiger partial charge is 0.410 e. The van der Waals surface area contributed by atoms with Crippen LogP contribution in [0.5, 0.6) is 0 Å². The molecular weight excluding hydrogens is 537 g/mol. The lowest BCUT2D eigenvalue weighted by molar-refractivity contribution is 0.0285. The van der Waals surface area contributed by atoms with Crippen molar-refractivity contribution in [2.45, 2.75) is 59.2 Å². The molecule has 0 radical (unpaired) electrons. The molecule has 0 aliphatic carbocycles. The molecule has 0 fully saturated rings. The summed E-state index contributed by atoms with van der Waals surface area (Å²) in [4.78, 5) is 22.6. The van der Waals surface area contributed by atoms with Crippen molar-refractivity contribution in [1.82, 2.24) is 20.5 Å². The molecule has 0 spiro atoms. The van der Waals surface area contributed by atoms with Gasteiger partial charge in [-0.15, -0.1) is 35.3 Å². The Morgan fingerprint density at radius 3 is 2.41 bits per heavy atom. The van der Waals surface area contributed by atoms with E-state index in [1.165, 1.54) is 5.01 Å². The molecule has 2 N–H and O–H groups in total. The van der Waals surface area contributed by atoms with Gasteiger partial charge in [-0.05, 0) is 38.3 Å². The van der Waals surface area contributed by atoms with Crippen molar-refractivity contribution in [3.8, 4) is 0 Å². The fourth-order valence-corrected chi connectivity index (χ4v) is 3.56. The van der Waals surface area contributed by atoms with E-state index < -0.39 is 5.60 Å². The summed E-state index contributed by atoms with van der Waals surface area (Å²) in [5.41, 5.74) is 2.82. The van der Waals surface area contributed by atoms with Crippen LogP contribution in [0.3, 0.4) is 0 Å². The van der Waals surface area contributed by atoms with Gasteiger partial charge in [0.05, 0.1) is 10.7 Å². The van der Waals surface area contributed by atoms with Crippen molar-refractivity contribution in [1.29, 1.82) is 0 Å². The summed E-state index contributed by atoms with van der Waals surface area (Å²) in [7, 11) is 3.51. The average Bonchev–Trinajstić information content (AvgIpc) is 3.18. The van der Waals surface area contributed by atoms with E-state index in [9.17, 15) is 4.79 Å². The van der Waals surface area contributed by atoms with Gasteiger partial charge in [0.25, 0.3) is 0 Å². The monoisotopic (exact) mass is 573 g/mol. The van der Waals surface area contributed by atoms with Crippen LogP contribution in [-0.2, 0) is 30.7 Å². The Labute approximate surface area is 213 Å². The Hall–Kier alpha value is -1.88. The zero-order chi connectivity index (χ0) is 22.9. The van der Waals surface area contributed by atoms with Crippen LogP contribution in [0, 0.1) is 0 Å². The topological polar surface area (TPSA) is 78.9 Å². The van der Waals surface area contributed by atoms with Crippen molar-refractivity contribution in [2.24, 2.45) is 4.99 Å². The van der Waals surface area contributed by atoms with Crippen LogP contribution in [0.25, 0.3) is 0 Å². The molecule has 0 aliphatic rings. The van der Waals surface area contributed by atoms with E-state index in [1.807, 2.05) is 32.9 Å². The highest BCUT2D eigenvalue weighted by molar-refractivity contribution is 14.0. The number of aryl methyl sites for hydroxylation is 1. The number of hydrogen-bond donors (Lipinski definition) is 2. The van der Waals surface area contributed by atoms with E-state index in [0.717, 1.165) is 42.2 Å². The van der Waals surface area contributed by atoms with E-state index in [2.05, 4.69) is 45.0 Å². The average molecular weight is 574 g/mol. The number of nitrogens with zero attached hydrogens (tertiary/aromatic N) is 3. The van der Waals surface area contributed by atoms with Gasteiger partial charge in [-0.3, -0.25) is 4.99 Å². The van der Waals surface area contributed by atoms with Crippen LogP contribution in [-0.4, -0.2) is 48.2 Å². The summed E-state index contributed by atoms with van der Waals surface area (Å²) in [5, 5.41) is 9.96. The largest absolute Gasteiger partial charge is 0.444 e. The van der Waals surface area contributed by atoms with Gasteiger partial charge in [-0.25, -0.2) is 9.78 Å². The fraction of sp³-hybridized carbons (Fsp3) is 0.522. The van der Waals surface area contributed by atoms with Gasteiger partial charge in [0, 0.05) is 45.5 Å². The Balaban J connectivity index is 0.00000512. The second-order valence-corrected chi connectivity index (χ2v) is 9.28. The predicted octanol–water partition coefficient (Wildman–Crippen LogP) is 4.60. The first kappa shape index (κ1) is 28.2. The number of hydrogen-bond acceptors (Lipinski definition) is 5. The lowest BCUT2D eigenvalue weighted by Gasteiger charge is -2.24. The third-order valence-corrected chi connectivity index (χ3v) is 5.45. The van der Waals surface area contributed by atoms with Crippen LogP contribution >= 0.6 is 35.3 Å². The van der Waals surface area contributed by atoms with E-state index in [0.29, 0.717) is 13.1 Å². The Morgan fingerprint density at radius 1 is 1.19 bits per heavy atom. The number of thiazole rings is 1. The first-order valence-electron chi connectivity index (χ1n) is 10.6. The number of ether oxygens (including phenoxy) is 1. The minimum Gasteiger partial charge on any atom is -0.444 e. The number of benzene rings is 1. The number of amides is 1. The van der Waals surface area contributed by atoms with E-state index in [-0.39, 0.29) is 30.1 Å². The quantitative estimate of drug-likeness (QED) is 0.274. The highest BCUT2D eigenvalue weighted by Crippen LogP contribution is 2.12. The highest BCUT2D eigenvalue weighted by atomic mass is 127. The first-order valence-corrected chi connectivity index (χ1v) is 11.5. The molecule has 1 heterocycles. The first-order chi connectivity index (χ1) is 14.7. The molecule has 1 amide bonds. The van der Waals surface area contributed by atoms with Crippen LogP contribution in [0.4, 0.5) is 4.79 Å². The van der Waals surface area contributed by atoms with Gasteiger partial charge >= 0.3 is 6.09 Å². The van der Waals surface area contributed by atoms with Crippen molar-refractivity contribution in [3.05, 3.63) is 51.5 Å². The Kier molecular flexibility index (Phi) is 12.0. The summed E-state index contributed by atoms with van der Waals surface area (Å²) < 4.78 is 5.39. The molecule has 1 aromatic carbocycles. The second kappa shape index (κ2) is 13.6. The van der Waals surface area contributed by atoms with E-state index in [4.69, 9.17) is 4.74 Å². The van der Waals surface area contributed by atoms with E-state index >= 15 is 0 Å². The van der Waals surface area contributed by atoms with Crippen LogP contribution < -0.4 is 10.6 Å².